The van der Waals surface area contributed by atoms with Gasteiger partial charge in [0.15, 0.2) is 0 Å². The summed E-state index contributed by atoms with van der Waals surface area (Å²) in [4.78, 5) is 0. The van der Waals surface area contributed by atoms with Crippen LogP contribution < -0.4 is 4.74 Å². The Morgan fingerprint density at radius 1 is 1.24 bits per heavy atom. The summed E-state index contributed by atoms with van der Waals surface area (Å²) in [6.07, 6.45) is -0.559. The number of aliphatic hydroxyl groups is 2. The van der Waals surface area contributed by atoms with Gasteiger partial charge >= 0.3 is 0 Å². The van der Waals surface area contributed by atoms with Crippen molar-refractivity contribution in [3.05, 3.63) is 29.8 Å². The van der Waals surface area contributed by atoms with E-state index in [1.165, 1.54) is 0 Å². The summed E-state index contributed by atoms with van der Waals surface area (Å²) in [6.45, 7) is 2.39. The van der Waals surface area contributed by atoms with Crippen molar-refractivity contribution < 1.29 is 19.7 Å². The predicted molar refractivity (Wildman–Crippen MR) is 64.9 cm³/mol. The summed E-state index contributed by atoms with van der Waals surface area (Å²) in [5.74, 6) is 0.583. The van der Waals surface area contributed by atoms with E-state index in [9.17, 15) is 5.11 Å². The number of benzene rings is 1. The van der Waals surface area contributed by atoms with Gasteiger partial charge in [-0.1, -0.05) is 12.1 Å². The molecule has 1 aromatic rings. The number of methoxy groups -OCH3 is 1. The number of hydrogen-bond acceptors (Lipinski definition) is 4. The fraction of sp³-hybridized carbons (Fsp3) is 0.538. The van der Waals surface area contributed by atoms with Gasteiger partial charge in [-0.15, -0.1) is 0 Å². The van der Waals surface area contributed by atoms with Gasteiger partial charge in [0.05, 0.1) is 33.0 Å². The van der Waals surface area contributed by atoms with Crippen LogP contribution in [0.4, 0.5) is 0 Å². The quantitative estimate of drug-likeness (QED) is 0.752. The third kappa shape index (κ3) is 4.73. The van der Waals surface area contributed by atoms with Crippen molar-refractivity contribution in [1.29, 1.82) is 0 Å². The lowest BCUT2D eigenvalue weighted by Crippen LogP contribution is -2.25. The Morgan fingerprint density at radius 2 is 1.88 bits per heavy atom. The van der Waals surface area contributed by atoms with E-state index in [0.29, 0.717) is 13.2 Å². The third-order valence-corrected chi connectivity index (χ3v) is 2.68. The van der Waals surface area contributed by atoms with Crippen molar-refractivity contribution in [1.82, 2.24) is 0 Å². The molecule has 0 spiro atoms. The van der Waals surface area contributed by atoms with Crippen molar-refractivity contribution in [2.24, 2.45) is 5.92 Å². The number of hydrogen-bond donors (Lipinski definition) is 2. The van der Waals surface area contributed by atoms with Crippen LogP contribution >= 0.6 is 0 Å². The minimum Gasteiger partial charge on any atom is -0.497 e. The minimum absolute atomic E-state index is 0.0692. The summed E-state index contributed by atoms with van der Waals surface area (Å²) >= 11 is 0. The maximum Gasteiger partial charge on any atom is 0.118 e. The van der Waals surface area contributed by atoms with Gasteiger partial charge in [-0.2, -0.15) is 0 Å². The largest absolute Gasteiger partial charge is 0.497 e. The highest BCUT2D eigenvalue weighted by Gasteiger charge is 2.13. The fourth-order valence-electron chi connectivity index (χ4n) is 1.39. The van der Waals surface area contributed by atoms with Crippen molar-refractivity contribution in [2.75, 3.05) is 20.3 Å². The number of ether oxygens (including phenoxy) is 2. The molecule has 0 bridgehead atoms. The molecule has 0 fully saturated rings. The van der Waals surface area contributed by atoms with Crippen molar-refractivity contribution >= 4 is 0 Å². The molecule has 0 aliphatic rings. The molecule has 0 aromatic heterocycles. The highest BCUT2D eigenvalue weighted by atomic mass is 16.5. The maximum absolute atomic E-state index is 9.32. The van der Waals surface area contributed by atoms with Gasteiger partial charge in [-0.05, 0) is 24.6 Å². The third-order valence-electron chi connectivity index (χ3n) is 2.68. The van der Waals surface area contributed by atoms with E-state index in [-0.39, 0.29) is 12.5 Å². The second-order valence-electron chi connectivity index (χ2n) is 4.05. The molecule has 17 heavy (non-hydrogen) atoms. The van der Waals surface area contributed by atoms with E-state index in [2.05, 4.69) is 0 Å². The van der Waals surface area contributed by atoms with Crippen LogP contribution in [0.5, 0.6) is 5.75 Å². The summed E-state index contributed by atoms with van der Waals surface area (Å²) in [5.41, 5.74) is 1.04. The van der Waals surface area contributed by atoms with Gasteiger partial charge in [0.1, 0.15) is 5.75 Å². The summed E-state index contributed by atoms with van der Waals surface area (Å²) in [5, 5.41) is 18.3. The molecule has 2 unspecified atom stereocenters. The molecular weight excluding hydrogens is 220 g/mol. The molecule has 0 aliphatic carbocycles. The predicted octanol–water partition coefficient (Wildman–Crippen LogP) is 1.20. The van der Waals surface area contributed by atoms with Crippen molar-refractivity contribution in [3.8, 4) is 5.75 Å². The smallest absolute Gasteiger partial charge is 0.118 e. The van der Waals surface area contributed by atoms with Crippen LogP contribution in [0.3, 0.4) is 0 Å². The molecule has 0 heterocycles. The normalized spacial score (nSPS) is 14.4. The highest BCUT2D eigenvalue weighted by Crippen LogP contribution is 2.12. The second kappa shape index (κ2) is 7.27. The fourth-order valence-corrected chi connectivity index (χ4v) is 1.39. The molecule has 0 saturated carbocycles. The first-order valence-corrected chi connectivity index (χ1v) is 5.67. The standard InChI is InChI=1S/C13H20O4/c1-10(15)12(7-14)9-17-8-11-3-5-13(16-2)6-4-11/h3-6,10,12,14-15H,7-9H2,1-2H3. The van der Waals surface area contributed by atoms with E-state index in [1.54, 1.807) is 14.0 Å². The molecule has 1 rings (SSSR count). The van der Waals surface area contributed by atoms with Crippen molar-refractivity contribution in [3.63, 3.8) is 0 Å². The van der Waals surface area contributed by atoms with Crippen LogP contribution in [-0.2, 0) is 11.3 Å². The highest BCUT2D eigenvalue weighted by molar-refractivity contribution is 5.26. The molecule has 0 saturated heterocycles. The Labute approximate surface area is 102 Å². The number of rotatable bonds is 7. The van der Waals surface area contributed by atoms with E-state index < -0.39 is 6.10 Å². The SMILES string of the molecule is COc1ccc(COCC(CO)C(C)O)cc1. The molecule has 1 aromatic carbocycles. The zero-order valence-electron chi connectivity index (χ0n) is 10.3. The van der Waals surface area contributed by atoms with Crippen LogP contribution in [0.2, 0.25) is 0 Å². The minimum atomic E-state index is -0.559. The van der Waals surface area contributed by atoms with Crippen molar-refractivity contribution in [2.45, 2.75) is 19.6 Å². The van der Waals surface area contributed by atoms with Crippen LogP contribution in [0.1, 0.15) is 12.5 Å². The molecule has 2 N–H and O–H groups in total. The van der Waals surface area contributed by atoms with Gasteiger partial charge in [0.2, 0.25) is 0 Å². The first kappa shape index (κ1) is 14.0. The molecule has 2 atom stereocenters. The lowest BCUT2D eigenvalue weighted by Gasteiger charge is -2.17. The van der Waals surface area contributed by atoms with Crippen LogP contribution in [0, 0.1) is 5.92 Å². The van der Waals surface area contributed by atoms with Gasteiger partial charge in [-0.25, -0.2) is 0 Å². The molecule has 0 amide bonds. The molecule has 4 nitrogen and oxygen atoms in total. The first-order valence-electron chi connectivity index (χ1n) is 5.67. The Kier molecular flexibility index (Phi) is 5.97. The lowest BCUT2D eigenvalue weighted by atomic mass is 10.1. The maximum atomic E-state index is 9.32. The van der Waals surface area contributed by atoms with E-state index >= 15 is 0 Å². The molecular formula is C13H20O4. The Balaban J connectivity index is 2.34. The van der Waals surface area contributed by atoms with Crippen LogP contribution in [0.25, 0.3) is 0 Å². The van der Waals surface area contributed by atoms with E-state index in [1.807, 2.05) is 24.3 Å². The zero-order valence-corrected chi connectivity index (χ0v) is 10.3. The lowest BCUT2D eigenvalue weighted by molar-refractivity contribution is 0.00344. The molecule has 96 valence electrons. The Bertz CT molecular complexity index is 308. The first-order chi connectivity index (χ1) is 8.17. The average Bonchev–Trinajstić information content (AvgIpc) is 2.35. The average molecular weight is 240 g/mol. The van der Waals surface area contributed by atoms with Gasteiger partial charge in [0.25, 0.3) is 0 Å². The topological polar surface area (TPSA) is 58.9 Å². The summed E-state index contributed by atoms with van der Waals surface area (Å²) in [7, 11) is 1.62. The molecule has 0 aliphatic heterocycles. The monoisotopic (exact) mass is 240 g/mol. The van der Waals surface area contributed by atoms with Gasteiger partial charge < -0.3 is 19.7 Å². The molecule has 0 radical (unpaired) electrons. The van der Waals surface area contributed by atoms with E-state index in [4.69, 9.17) is 14.6 Å². The Hall–Kier alpha value is -1.10. The van der Waals surface area contributed by atoms with Gasteiger partial charge in [0, 0.05) is 5.92 Å². The molecule has 4 heteroatoms. The van der Waals surface area contributed by atoms with Crippen LogP contribution in [-0.4, -0.2) is 36.6 Å². The summed E-state index contributed by atoms with van der Waals surface area (Å²) < 4.78 is 10.5. The number of aliphatic hydroxyl groups excluding tert-OH is 2. The van der Waals surface area contributed by atoms with Gasteiger partial charge in [-0.3, -0.25) is 0 Å². The Morgan fingerprint density at radius 3 is 2.35 bits per heavy atom. The summed E-state index contributed by atoms with van der Waals surface area (Å²) in [6, 6.07) is 7.60. The van der Waals surface area contributed by atoms with E-state index in [0.717, 1.165) is 11.3 Å². The van der Waals surface area contributed by atoms with Crippen LogP contribution in [0.15, 0.2) is 24.3 Å². The zero-order chi connectivity index (χ0) is 12.7. The second-order valence-corrected chi connectivity index (χ2v) is 4.05.